The highest BCUT2D eigenvalue weighted by atomic mass is 35.5. The Morgan fingerprint density at radius 3 is 2.57 bits per heavy atom. The second-order valence-corrected chi connectivity index (χ2v) is 5.60. The summed E-state index contributed by atoms with van der Waals surface area (Å²) in [4.78, 5) is 27.1. The fraction of sp³-hybridized carbons (Fsp3) is 0.286. The van der Waals surface area contributed by atoms with Gasteiger partial charge in [0.05, 0.1) is 4.92 Å². The highest BCUT2D eigenvalue weighted by molar-refractivity contribution is 6.32. The molecule has 1 aromatic rings. The molecule has 9 heteroatoms. The Bertz CT molecular complexity index is 700. The predicted octanol–water partition coefficient (Wildman–Crippen LogP) is 3.02. The maximum atomic E-state index is 11.1. The third kappa shape index (κ3) is 4.00. The molecule has 1 aliphatic heterocycles. The highest BCUT2D eigenvalue weighted by Crippen LogP contribution is 2.28. The van der Waals surface area contributed by atoms with Crippen LogP contribution in [0.2, 0.25) is 0 Å². The molecule has 23 heavy (non-hydrogen) atoms. The number of aliphatic imine (C=N–C) groups is 1. The Labute approximate surface area is 142 Å². The number of likely N-dealkylation sites (N-methyl/N-ethyl adjacent to an activating group) is 1. The number of benzene rings is 1. The van der Waals surface area contributed by atoms with Crippen LogP contribution in [0, 0.1) is 10.1 Å². The molecule has 1 aliphatic rings. The number of carbonyl (C=O) groups excluding carboxylic acids is 1. The monoisotopic (exact) mass is 357 g/mol. The molecule has 1 unspecified atom stereocenters. The van der Waals surface area contributed by atoms with E-state index in [1.54, 1.807) is 24.1 Å². The first-order valence-electron chi connectivity index (χ1n) is 6.55. The second kappa shape index (κ2) is 6.97. The van der Waals surface area contributed by atoms with Crippen LogP contribution in [-0.2, 0) is 16.0 Å². The maximum Gasteiger partial charge on any atom is 0.307 e. The van der Waals surface area contributed by atoms with E-state index in [1.807, 2.05) is 0 Å². The van der Waals surface area contributed by atoms with Crippen LogP contribution < -0.4 is 0 Å². The minimum atomic E-state index is -0.767. The lowest BCUT2D eigenvalue weighted by Gasteiger charge is -2.31. The zero-order chi connectivity index (χ0) is 17.1. The van der Waals surface area contributed by atoms with E-state index in [2.05, 4.69) is 4.99 Å². The summed E-state index contributed by atoms with van der Waals surface area (Å²) in [6, 6.07) is 6.10. The van der Waals surface area contributed by atoms with Gasteiger partial charge in [0, 0.05) is 32.5 Å². The average Bonchev–Trinajstić information content (AvgIpc) is 2.49. The van der Waals surface area contributed by atoms with Crippen LogP contribution in [-0.4, -0.2) is 34.2 Å². The van der Waals surface area contributed by atoms with Crippen LogP contribution in [0.1, 0.15) is 12.5 Å². The number of rotatable bonds is 4. The zero-order valence-corrected chi connectivity index (χ0v) is 13.8. The standard InChI is InChI=1S/C14H13Cl2N3O4/c1-8(20)23-12-13(15)17-11(18(2)14(12)16)7-9-3-5-10(6-4-9)19(21)22/h3-6,14H,7H2,1-2H3. The first-order valence-corrected chi connectivity index (χ1v) is 7.37. The molecule has 0 aromatic heterocycles. The van der Waals surface area contributed by atoms with Crippen molar-refractivity contribution >= 4 is 40.7 Å². The largest absolute Gasteiger partial charge is 0.424 e. The second-order valence-electron chi connectivity index (χ2n) is 4.82. The number of esters is 1. The molecule has 0 aliphatic carbocycles. The van der Waals surface area contributed by atoms with Gasteiger partial charge in [0.1, 0.15) is 5.84 Å². The van der Waals surface area contributed by atoms with Gasteiger partial charge in [0.15, 0.2) is 16.4 Å². The van der Waals surface area contributed by atoms with Crippen molar-refractivity contribution < 1.29 is 14.5 Å². The number of non-ortho nitro benzene ring substituents is 1. The summed E-state index contributed by atoms with van der Waals surface area (Å²) < 4.78 is 4.98. The van der Waals surface area contributed by atoms with Gasteiger partial charge in [-0.15, -0.1) is 0 Å². The first kappa shape index (κ1) is 17.2. The minimum absolute atomic E-state index is 0.00946. The normalized spacial score (nSPS) is 17.8. The third-order valence-corrected chi connectivity index (χ3v) is 3.92. The van der Waals surface area contributed by atoms with Crippen molar-refractivity contribution in [3.63, 3.8) is 0 Å². The quantitative estimate of drug-likeness (QED) is 0.272. The van der Waals surface area contributed by atoms with Crippen molar-refractivity contribution in [2.45, 2.75) is 18.8 Å². The molecule has 2 rings (SSSR count). The Kier molecular flexibility index (Phi) is 5.23. The van der Waals surface area contributed by atoms with Crippen molar-refractivity contribution in [1.82, 2.24) is 4.90 Å². The number of ether oxygens (including phenoxy) is 1. The number of nitro benzene ring substituents is 1. The summed E-state index contributed by atoms with van der Waals surface area (Å²) in [5.41, 5.74) is 0.0559. The molecule has 7 nitrogen and oxygen atoms in total. The van der Waals surface area contributed by atoms with Crippen LogP contribution in [0.3, 0.4) is 0 Å². The summed E-state index contributed by atoms with van der Waals surface area (Å²) in [6.45, 7) is 1.25. The van der Waals surface area contributed by atoms with Crippen molar-refractivity contribution in [2.75, 3.05) is 7.05 Å². The fourth-order valence-corrected chi connectivity index (χ4v) is 2.54. The lowest BCUT2D eigenvalue weighted by molar-refractivity contribution is -0.384. The van der Waals surface area contributed by atoms with Gasteiger partial charge in [-0.3, -0.25) is 14.9 Å². The Morgan fingerprint density at radius 1 is 1.43 bits per heavy atom. The number of nitrogens with zero attached hydrogens (tertiary/aromatic N) is 3. The molecule has 0 fully saturated rings. The summed E-state index contributed by atoms with van der Waals surface area (Å²) in [6.07, 6.45) is 0.376. The molecule has 0 radical (unpaired) electrons. The number of amidine groups is 1. The van der Waals surface area contributed by atoms with Gasteiger partial charge in [0.2, 0.25) is 0 Å². The summed E-state index contributed by atoms with van der Waals surface area (Å²) >= 11 is 12.3. The molecule has 1 heterocycles. The van der Waals surface area contributed by atoms with Crippen molar-refractivity contribution in [3.05, 3.63) is 50.9 Å². The predicted molar refractivity (Wildman–Crippen MR) is 86.3 cm³/mol. The van der Waals surface area contributed by atoms with Crippen molar-refractivity contribution in [1.29, 1.82) is 0 Å². The van der Waals surface area contributed by atoms with E-state index in [0.29, 0.717) is 12.3 Å². The molecule has 0 saturated heterocycles. The van der Waals surface area contributed by atoms with Crippen LogP contribution in [0.15, 0.2) is 40.2 Å². The number of alkyl halides is 1. The molecule has 122 valence electrons. The van der Waals surface area contributed by atoms with E-state index < -0.39 is 16.4 Å². The van der Waals surface area contributed by atoms with Gasteiger partial charge in [-0.2, -0.15) is 0 Å². The average molecular weight is 358 g/mol. The minimum Gasteiger partial charge on any atom is -0.424 e. The lowest BCUT2D eigenvalue weighted by atomic mass is 10.1. The van der Waals surface area contributed by atoms with Crippen LogP contribution in [0.5, 0.6) is 0 Å². The van der Waals surface area contributed by atoms with E-state index in [1.165, 1.54) is 19.1 Å². The van der Waals surface area contributed by atoms with Crippen LogP contribution in [0.25, 0.3) is 0 Å². The number of hydrogen-bond acceptors (Lipinski definition) is 6. The molecule has 0 amide bonds. The van der Waals surface area contributed by atoms with Gasteiger partial charge < -0.3 is 9.64 Å². The molecule has 1 atom stereocenters. The molecule has 0 saturated carbocycles. The SMILES string of the molecule is CC(=O)OC1=C(Cl)N=C(Cc2ccc([N+](=O)[O-])cc2)N(C)C1Cl. The van der Waals surface area contributed by atoms with E-state index in [9.17, 15) is 14.9 Å². The topological polar surface area (TPSA) is 85.0 Å². The number of carbonyl (C=O) groups is 1. The number of nitro groups is 1. The zero-order valence-electron chi connectivity index (χ0n) is 12.3. The van der Waals surface area contributed by atoms with E-state index in [-0.39, 0.29) is 16.6 Å². The maximum absolute atomic E-state index is 11.1. The molecule has 0 spiro atoms. The Balaban J connectivity index is 2.23. The van der Waals surface area contributed by atoms with Crippen molar-refractivity contribution in [3.8, 4) is 0 Å². The molecule has 1 aromatic carbocycles. The van der Waals surface area contributed by atoms with Gasteiger partial charge in [0.25, 0.3) is 5.69 Å². The summed E-state index contributed by atoms with van der Waals surface area (Å²) in [5, 5.41) is 10.7. The smallest absolute Gasteiger partial charge is 0.307 e. The van der Waals surface area contributed by atoms with Crippen LogP contribution in [0.4, 0.5) is 5.69 Å². The summed E-state index contributed by atoms with van der Waals surface area (Å²) in [7, 11) is 1.69. The van der Waals surface area contributed by atoms with Gasteiger partial charge >= 0.3 is 5.97 Å². The number of hydrogen-bond donors (Lipinski definition) is 0. The fourth-order valence-electron chi connectivity index (χ4n) is 1.98. The lowest BCUT2D eigenvalue weighted by Crippen LogP contribution is -2.39. The van der Waals surface area contributed by atoms with E-state index in [0.717, 1.165) is 5.56 Å². The molecular weight excluding hydrogens is 345 g/mol. The first-order chi connectivity index (χ1) is 10.8. The third-order valence-electron chi connectivity index (χ3n) is 3.16. The van der Waals surface area contributed by atoms with Gasteiger partial charge in [-0.25, -0.2) is 4.99 Å². The van der Waals surface area contributed by atoms with E-state index in [4.69, 9.17) is 27.9 Å². The summed E-state index contributed by atoms with van der Waals surface area (Å²) in [5.74, 6) is 0.0988. The van der Waals surface area contributed by atoms with Gasteiger partial charge in [-0.1, -0.05) is 35.3 Å². The number of halogens is 2. The molecular formula is C14H13Cl2N3O4. The Morgan fingerprint density at radius 2 is 2.04 bits per heavy atom. The van der Waals surface area contributed by atoms with Crippen LogP contribution >= 0.6 is 23.2 Å². The molecule has 0 N–H and O–H groups in total. The highest BCUT2D eigenvalue weighted by Gasteiger charge is 2.30. The van der Waals surface area contributed by atoms with E-state index >= 15 is 0 Å². The molecule has 0 bridgehead atoms. The Hall–Kier alpha value is -2.12. The van der Waals surface area contributed by atoms with Gasteiger partial charge in [-0.05, 0) is 5.56 Å². The van der Waals surface area contributed by atoms with Crippen molar-refractivity contribution in [2.24, 2.45) is 4.99 Å².